The van der Waals surface area contributed by atoms with Gasteiger partial charge in [0.25, 0.3) is 5.56 Å². The number of amides is 1. The van der Waals surface area contributed by atoms with Crippen molar-refractivity contribution < 1.29 is 41.0 Å². The second-order valence-electron chi connectivity index (χ2n) is 11.9. The molecule has 2 aromatic heterocycles. The zero-order valence-corrected chi connectivity index (χ0v) is 27.3. The Kier molecular flexibility index (Phi) is 9.23. The number of nitrogens with one attached hydrogen (secondary N) is 1. The molecule has 0 saturated carbocycles. The van der Waals surface area contributed by atoms with E-state index < -0.39 is 76.1 Å². The summed E-state index contributed by atoms with van der Waals surface area (Å²) in [5, 5.41) is 2.30. The fraction of sp³-hybridized carbons (Fsp3) is 0.250. The Morgan fingerprint density at radius 2 is 1.82 bits per heavy atom. The molecule has 1 amide bonds. The number of benzene rings is 3. The van der Waals surface area contributed by atoms with Crippen molar-refractivity contribution in [3.05, 3.63) is 127 Å². The second-order valence-corrected chi connectivity index (χ2v) is 11.9. The van der Waals surface area contributed by atoms with Crippen LogP contribution in [0, 0.1) is 18.6 Å². The van der Waals surface area contributed by atoms with Gasteiger partial charge in [-0.2, -0.15) is 13.2 Å². The van der Waals surface area contributed by atoms with E-state index in [2.05, 4.69) is 10.3 Å². The van der Waals surface area contributed by atoms with E-state index in [1.165, 1.54) is 50.6 Å². The highest BCUT2D eigenvalue weighted by atomic mass is 19.4. The first kappa shape index (κ1) is 35.0. The molecule has 0 unspecified atom stereocenters. The molecule has 0 radical (unpaired) electrons. The lowest BCUT2D eigenvalue weighted by molar-refractivity contribution is -0.143. The molecule has 5 aromatic rings. The third-order valence-electron chi connectivity index (χ3n) is 8.66. The number of carbonyl (C=O) groups excluding carboxylic acids is 2. The second kappa shape index (κ2) is 13.5. The van der Waals surface area contributed by atoms with Gasteiger partial charge in [0.1, 0.15) is 30.0 Å². The van der Waals surface area contributed by atoms with Gasteiger partial charge >= 0.3 is 17.8 Å². The molecule has 1 aliphatic heterocycles. The zero-order chi connectivity index (χ0) is 36.8. The molecule has 15 heteroatoms. The molecule has 3 aromatic carbocycles. The van der Waals surface area contributed by atoms with Crippen molar-refractivity contribution >= 4 is 22.8 Å². The topological polar surface area (TPSA) is 122 Å². The van der Waals surface area contributed by atoms with Gasteiger partial charge in [0, 0.05) is 29.9 Å². The van der Waals surface area contributed by atoms with E-state index in [-0.39, 0.29) is 46.6 Å². The lowest BCUT2D eigenvalue weighted by Crippen LogP contribution is -2.48. The number of aromatic nitrogens is 3. The molecular weight excluding hydrogens is 679 g/mol. The van der Waals surface area contributed by atoms with E-state index >= 15 is 8.78 Å². The van der Waals surface area contributed by atoms with Crippen LogP contribution in [0.3, 0.4) is 0 Å². The van der Waals surface area contributed by atoms with Crippen molar-refractivity contribution in [3.8, 4) is 16.9 Å². The van der Waals surface area contributed by atoms with Gasteiger partial charge in [-0.15, -0.1) is 0 Å². The fourth-order valence-corrected chi connectivity index (χ4v) is 6.25. The molecule has 0 saturated heterocycles. The number of rotatable bonds is 4. The van der Waals surface area contributed by atoms with Gasteiger partial charge < -0.3 is 14.8 Å². The predicted octanol–water partition coefficient (Wildman–Crippen LogP) is 5.66. The predicted molar refractivity (Wildman–Crippen MR) is 174 cm³/mol. The number of fused-ring (bicyclic) bond motifs is 7. The summed E-state index contributed by atoms with van der Waals surface area (Å²) in [6.07, 6.45) is -3.59. The van der Waals surface area contributed by atoms with Gasteiger partial charge in [-0.25, -0.2) is 18.1 Å². The molecule has 264 valence electrons. The highest BCUT2D eigenvalue weighted by Crippen LogP contribution is 2.42. The molecule has 4 bridgehead atoms. The molecule has 1 N–H and O–H groups in total. The van der Waals surface area contributed by atoms with Crippen LogP contribution in [-0.2, 0) is 34.2 Å². The average Bonchev–Trinajstić information content (AvgIpc) is 3.08. The fourth-order valence-electron chi connectivity index (χ4n) is 6.25. The molecule has 10 nitrogen and oxygen atoms in total. The van der Waals surface area contributed by atoms with Gasteiger partial charge in [-0.3, -0.25) is 23.9 Å². The van der Waals surface area contributed by atoms with Crippen molar-refractivity contribution in [2.24, 2.45) is 7.05 Å². The molecule has 0 fully saturated rings. The Morgan fingerprint density at radius 1 is 1.06 bits per heavy atom. The van der Waals surface area contributed by atoms with Crippen LogP contribution in [0.15, 0.2) is 76.6 Å². The summed E-state index contributed by atoms with van der Waals surface area (Å²) < 4.78 is 87.9. The molecule has 6 rings (SSSR count). The maximum absolute atomic E-state index is 16.1. The van der Waals surface area contributed by atoms with E-state index in [0.717, 1.165) is 16.7 Å². The number of carbonyl (C=O) groups is 2. The number of hydrogen-bond acceptors (Lipinski definition) is 7. The maximum atomic E-state index is 16.1. The summed E-state index contributed by atoms with van der Waals surface area (Å²) in [7, 11) is 1.30. The normalized spacial score (nSPS) is 16.1. The number of nitrogens with zero attached hydrogens (tertiary/aromatic N) is 3. The molecule has 51 heavy (non-hydrogen) atoms. The number of esters is 1. The minimum Gasteiger partial charge on any atom is -0.488 e. The van der Waals surface area contributed by atoms with Gasteiger partial charge in [0.15, 0.2) is 0 Å². The number of pyridine rings is 1. The van der Waals surface area contributed by atoms with Crippen LogP contribution in [0.2, 0.25) is 0 Å². The van der Waals surface area contributed by atoms with E-state index in [4.69, 9.17) is 9.47 Å². The van der Waals surface area contributed by atoms with Crippen LogP contribution < -0.4 is 21.3 Å². The highest BCUT2D eigenvalue weighted by molar-refractivity contribution is 5.86. The Morgan fingerprint density at radius 3 is 2.55 bits per heavy atom. The summed E-state index contributed by atoms with van der Waals surface area (Å²) in [5.74, 6) is -5.04. The maximum Gasteiger partial charge on any atom is 0.419 e. The van der Waals surface area contributed by atoms with Crippen LogP contribution in [0.1, 0.15) is 53.2 Å². The summed E-state index contributed by atoms with van der Waals surface area (Å²) in [4.78, 5) is 59.0. The van der Waals surface area contributed by atoms with Crippen molar-refractivity contribution in [3.63, 3.8) is 0 Å². The SMILES string of the molecule is CCOC(=O)C[C@@H]1NC(=O)[C@@H](n2c(=O)c3ccncc3n(C)c2=O)c2cc(ccc2F)COc2cccc(C)c2-c2cc1c(F)c(C(F)(F)F)c2. The molecular formula is C36H29F5N4O6. The summed E-state index contributed by atoms with van der Waals surface area (Å²) in [5.41, 5.74) is -4.17. The molecule has 0 spiro atoms. The first-order valence-corrected chi connectivity index (χ1v) is 15.6. The first-order valence-electron chi connectivity index (χ1n) is 15.6. The third kappa shape index (κ3) is 6.46. The number of halogens is 5. The van der Waals surface area contributed by atoms with Crippen LogP contribution in [-0.4, -0.2) is 32.6 Å². The number of hydrogen-bond donors (Lipinski definition) is 1. The smallest absolute Gasteiger partial charge is 0.419 e. The van der Waals surface area contributed by atoms with Gasteiger partial charge in [-0.1, -0.05) is 18.2 Å². The van der Waals surface area contributed by atoms with Crippen LogP contribution in [0.4, 0.5) is 22.0 Å². The van der Waals surface area contributed by atoms with Gasteiger partial charge in [-0.05, 0) is 66.9 Å². The van der Waals surface area contributed by atoms with Gasteiger partial charge in [0.05, 0.1) is 41.7 Å². The molecule has 1 aliphatic rings. The van der Waals surface area contributed by atoms with Crippen LogP contribution in [0.5, 0.6) is 5.75 Å². The van der Waals surface area contributed by atoms with E-state index in [0.29, 0.717) is 16.2 Å². The summed E-state index contributed by atoms with van der Waals surface area (Å²) in [6.45, 7) is 2.63. The van der Waals surface area contributed by atoms with Crippen molar-refractivity contribution in [2.45, 2.75) is 45.1 Å². The van der Waals surface area contributed by atoms with E-state index in [1.807, 2.05) is 0 Å². The van der Waals surface area contributed by atoms with E-state index in [9.17, 15) is 32.3 Å². The first-order chi connectivity index (χ1) is 24.2. The standard InChI is InChI=1S/C36H29F5N4O6/c1-4-50-29(46)15-26-23-13-20(14-24(31(23)38)36(39,40)41)30-18(2)6-5-7-28(30)51-17-19-8-9-25(37)22(12-19)32(33(47)43-26)45-34(48)21-10-11-42-16-27(21)44(3)35(45)49/h5-14,16,26,32H,4,15,17H2,1-3H3,(H,43,47)/t26-,32-/m0/s1. The number of aryl methyl sites for hydroxylation is 2. The van der Waals surface area contributed by atoms with Crippen molar-refractivity contribution in [2.75, 3.05) is 6.61 Å². The molecule has 0 aliphatic carbocycles. The van der Waals surface area contributed by atoms with Crippen LogP contribution in [0.25, 0.3) is 22.0 Å². The largest absolute Gasteiger partial charge is 0.488 e. The Labute approximate surface area is 286 Å². The summed E-state index contributed by atoms with van der Waals surface area (Å²) in [6, 6.07) is 7.23. The zero-order valence-electron chi connectivity index (χ0n) is 27.3. The van der Waals surface area contributed by atoms with Gasteiger partial charge in [0.2, 0.25) is 5.91 Å². The lowest BCUT2D eigenvalue weighted by Gasteiger charge is -2.27. The third-order valence-corrected chi connectivity index (χ3v) is 8.66. The van der Waals surface area contributed by atoms with Crippen molar-refractivity contribution in [1.82, 2.24) is 19.4 Å². The Hall–Kier alpha value is -5.86. The average molecular weight is 709 g/mol. The Balaban J connectivity index is 1.69. The quantitative estimate of drug-likeness (QED) is 0.189. The number of ether oxygens (including phenoxy) is 2. The van der Waals surface area contributed by atoms with Crippen LogP contribution >= 0.6 is 0 Å². The minimum absolute atomic E-state index is 0.0668. The van der Waals surface area contributed by atoms with Crippen molar-refractivity contribution in [1.29, 1.82) is 0 Å². The van der Waals surface area contributed by atoms with E-state index in [1.54, 1.807) is 19.1 Å². The number of alkyl halides is 3. The lowest BCUT2D eigenvalue weighted by atomic mass is 9.91. The monoisotopic (exact) mass is 708 g/mol. The molecule has 2 atom stereocenters. The minimum atomic E-state index is -5.23. The highest BCUT2D eigenvalue weighted by Gasteiger charge is 2.39. The molecule has 3 heterocycles. The summed E-state index contributed by atoms with van der Waals surface area (Å²) >= 11 is 0. The Bertz CT molecular complexity index is 2340.